The van der Waals surface area contributed by atoms with Gasteiger partial charge in [0.05, 0.1) is 13.7 Å². The molecule has 0 N–H and O–H groups in total. The Bertz CT molecular complexity index is 858. The van der Waals surface area contributed by atoms with Crippen molar-refractivity contribution in [1.29, 1.82) is 0 Å². The minimum absolute atomic E-state index is 0.0417. The van der Waals surface area contributed by atoms with E-state index in [1.807, 2.05) is 0 Å². The lowest BCUT2D eigenvalue weighted by Gasteiger charge is -2.13. The van der Waals surface area contributed by atoms with Gasteiger partial charge in [-0.05, 0) is 49.2 Å². The maximum Gasteiger partial charge on any atom is 0.342 e. The molecule has 0 amide bonds. The zero-order chi connectivity index (χ0) is 18.4. The summed E-state index contributed by atoms with van der Waals surface area (Å²) in [5.74, 6) is 0.772. The summed E-state index contributed by atoms with van der Waals surface area (Å²) >= 11 is 0. The van der Waals surface area contributed by atoms with E-state index >= 15 is 0 Å². The van der Waals surface area contributed by atoms with Gasteiger partial charge in [0.15, 0.2) is 0 Å². The molecule has 0 saturated heterocycles. The summed E-state index contributed by atoms with van der Waals surface area (Å²) in [5.41, 5.74) is 1.54. The van der Waals surface area contributed by atoms with Crippen molar-refractivity contribution < 1.29 is 26.9 Å². The third-order valence-electron chi connectivity index (χ3n) is 3.32. The lowest BCUT2D eigenvalue weighted by molar-refractivity contribution is -0.108. The Morgan fingerprint density at radius 2 is 1.72 bits per heavy atom. The second kappa shape index (κ2) is 8.02. The van der Waals surface area contributed by atoms with Gasteiger partial charge in [0, 0.05) is 12.5 Å². The molecule has 134 valence electrons. The predicted molar refractivity (Wildman–Crippen MR) is 92.9 cm³/mol. The Morgan fingerprint density at radius 1 is 1.00 bits per heavy atom. The van der Waals surface area contributed by atoms with Crippen molar-refractivity contribution >= 4 is 16.4 Å². The van der Waals surface area contributed by atoms with E-state index in [2.05, 4.69) is 0 Å². The highest BCUT2D eigenvalue weighted by Gasteiger charge is 2.22. The molecule has 0 aromatic heterocycles. The van der Waals surface area contributed by atoms with Gasteiger partial charge in [-0.1, -0.05) is 6.07 Å². The fourth-order valence-electron chi connectivity index (χ4n) is 2.22. The number of aldehydes is 1. The van der Waals surface area contributed by atoms with Crippen LogP contribution in [0.4, 0.5) is 0 Å². The van der Waals surface area contributed by atoms with Crippen LogP contribution in [0.15, 0.2) is 41.3 Å². The number of aryl methyl sites for hydroxylation is 2. The smallest absolute Gasteiger partial charge is 0.342 e. The minimum Gasteiger partial charge on any atom is -0.495 e. The van der Waals surface area contributed by atoms with Crippen LogP contribution in [-0.4, -0.2) is 28.4 Å². The predicted octanol–water partition coefficient (Wildman–Crippen LogP) is 3.05. The Labute approximate surface area is 147 Å². The fraction of sp³-hybridized carbons (Fsp3) is 0.278. The summed E-state index contributed by atoms with van der Waals surface area (Å²) in [6.45, 7) is 3.79. The second-order valence-electron chi connectivity index (χ2n) is 5.48. The van der Waals surface area contributed by atoms with Gasteiger partial charge in [-0.25, -0.2) is 0 Å². The average molecular weight is 364 g/mol. The van der Waals surface area contributed by atoms with Crippen molar-refractivity contribution in [1.82, 2.24) is 0 Å². The number of methoxy groups -OCH3 is 1. The normalized spacial score (nSPS) is 11.0. The van der Waals surface area contributed by atoms with Gasteiger partial charge in [0.1, 0.15) is 28.4 Å². The molecule has 2 aromatic rings. The summed E-state index contributed by atoms with van der Waals surface area (Å²) < 4.78 is 41.1. The highest BCUT2D eigenvalue weighted by atomic mass is 32.2. The molecule has 0 atom stereocenters. The van der Waals surface area contributed by atoms with Crippen molar-refractivity contribution in [3.05, 3.63) is 47.5 Å². The molecular formula is C18H20O6S. The quantitative estimate of drug-likeness (QED) is 0.407. The third kappa shape index (κ3) is 4.96. The molecule has 0 unspecified atom stereocenters. The van der Waals surface area contributed by atoms with Gasteiger partial charge in [-0.2, -0.15) is 8.42 Å². The van der Waals surface area contributed by atoms with Gasteiger partial charge in [0.2, 0.25) is 0 Å². The number of carbonyl (C=O) groups is 1. The van der Waals surface area contributed by atoms with Gasteiger partial charge in [-0.15, -0.1) is 0 Å². The van der Waals surface area contributed by atoms with Gasteiger partial charge >= 0.3 is 10.1 Å². The van der Waals surface area contributed by atoms with Crippen LogP contribution in [0.2, 0.25) is 0 Å². The molecule has 25 heavy (non-hydrogen) atoms. The van der Waals surface area contributed by atoms with Crippen LogP contribution in [0.5, 0.6) is 17.2 Å². The Balaban J connectivity index is 2.31. The van der Waals surface area contributed by atoms with Gasteiger partial charge < -0.3 is 18.5 Å². The van der Waals surface area contributed by atoms with E-state index in [1.54, 1.807) is 38.1 Å². The number of ether oxygens (including phenoxy) is 2. The molecule has 0 spiro atoms. The molecule has 7 heteroatoms. The topological polar surface area (TPSA) is 78.9 Å². The fourth-order valence-corrected chi connectivity index (χ4v) is 3.39. The van der Waals surface area contributed by atoms with Crippen LogP contribution in [0.3, 0.4) is 0 Å². The summed E-state index contributed by atoms with van der Waals surface area (Å²) in [6.07, 6.45) is 1.00. The first-order chi connectivity index (χ1) is 11.9. The van der Waals surface area contributed by atoms with E-state index in [4.69, 9.17) is 13.7 Å². The number of hydrogen-bond acceptors (Lipinski definition) is 6. The zero-order valence-corrected chi connectivity index (χ0v) is 15.1. The van der Waals surface area contributed by atoms with Crippen LogP contribution in [0.25, 0.3) is 0 Å². The van der Waals surface area contributed by atoms with Crippen molar-refractivity contribution in [2.45, 2.75) is 25.2 Å². The molecule has 2 rings (SSSR count). The van der Waals surface area contributed by atoms with Crippen LogP contribution < -0.4 is 13.7 Å². The second-order valence-corrected chi connectivity index (χ2v) is 6.99. The monoisotopic (exact) mass is 364 g/mol. The summed E-state index contributed by atoms with van der Waals surface area (Å²) in [7, 11) is -2.68. The zero-order valence-electron chi connectivity index (χ0n) is 14.3. The summed E-state index contributed by atoms with van der Waals surface area (Å²) in [5, 5.41) is 0. The number of carbonyl (C=O) groups excluding carboxylic acids is 1. The maximum absolute atomic E-state index is 12.6. The molecule has 0 heterocycles. The van der Waals surface area contributed by atoms with Crippen molar-refractivity contribution in [2.24, 2.45) is 0 Å². The first-order valence-corrected chi connectivity index (χ1v) is 9.04. The van der Waals surface area contributed by atoms with Crippen molar-refractivity contribution in [3.8, 4) is 17.2 Å². The lowest BCUT2D eigenvalue weighted by Crippen LogP contribution is -2.11. The highest BCUT2D eigenvalue weighted by Crippen LogP contribution is 2.30. The third-order valence-corrected chi connectivity index (χ3v) is 4.59. The molecule has 0 bridgehead atoms. The first-order valence-electron chi connectivity index (χ1n) is 7.63. The lowest BCUT2D eigenvalue weighted by atomic mass is 10.2. The Kier molecular flexibility index (Phi) is 6.03. The van der Waals surface area contributed by atoms with Gasteiger partial charge in [0.25, 0.3) is 0 Å². The SMILES string of the molecule is COc1ccc(C)cc1S(=O)(=O)Oc1cc(C)cc(OCCC=O)c1. The van der Waals surface area contributed by atoms with E-state index in [1.165, 1.54) is 19.2 Å². The number of rotatable bonds is 8. The molecule has 0 radical (unpaired) electrons. The molecular weight excluding hydrogens is 344 g/mol. The van der Waals surface area contributed by atoms with E-state index in [0.29, 0.717) is 5.75 Å². The van der Waals surface area contributed by atoms with Crippen LogP contribution in [-0.2, 0) is 14.9 Å². The van der Waals surface area contributed by atoms with Crippen LogP contribution >= 0.6 is 0 Å². The van der Waals surface area contributed by atoms with Crippen LogP contribution in [0.1, 0.15) is 17.5 Å². The minimum atomic E-state index is -4.07. The average Bonchev–Trinajstić information content (AvgIpc) is 2.54. The van der Waals surface area contributed by atoms with E-state index < -0.39 is 10.1 Å². The molecule has 0 aliphatic rings. The van der Waals surface area contributed by atoms with Crippen molar-refractivity contribution in [3.63, 3.8) is 0 Å². The molecule has 0 fully saturated rings. The molecule has 0 saturated carbocycles. The number of hydrogen-bond donors (Lipinski definition) is 0. The largest absolute Gasteiger partial charge is 0.495 e. The summed E-state index contributed by atoms with van der Waals surface area (Å²) in [4.78, 5) is 10.3. The molecule has 2 aromatic carbocycles. The standard InChI is InChI=1S/C18H20O6S/c1-13-5-6-17(22-3)18(11-13)25(20,21)24-16-10-14(2)9-15(12-16)23-8-4-7-19/h5-7,9-12H,4,8H2,1-3H3. The van der Waals surface area contributed by atoms with Crippen LogP contribution in [0, 0.1) is 13.8 Å². The first kappa shape index (κ1) is 18.8. The van der Waals surface area contributed by atoms with Gasteiger partial charge in [-0.3, -0.25) is 0 Å². The van der Waals surface area contributed by atoms with Crippen molar-refractivity contribution in [2.75, 3.05) is 13.7 Å². The molecule has 0 aliphatic carbocycles. The summed E-state index contributed by atoms with van der Waals surface area (Å²) in [6, 6.07) is 9.62. The Hall–Kier alpha value is -2.54. The molecule has 6 nitrogen and oxygen atoms in total. The van der Waals surface area contributed by atoms with E-state index in [0.717, 1.165) is 17.4 Å². The number of benzene rings is 2. The molecule has 0 aliphatic heterocycles. The highest BCUT2D eigenvalue weighted by molar-refractivity contribution is 7.87. The van der Waals surface area contributed by atoms with E-state index in [9.17, 15) is 13.2 Å². The van der Waals surface area contributed by atoms with E-state index in [-0.39, 0.29) is 29.4 Å². The maximum atomic E-state index is 12.6. The Morgan fingerprint density at radius 3 is 2.40 bits per heavy atom.